The number of para-hydroxylation sites is 1. The van der Waals surface area contributed by atoms with E-state index in [0.717, 1.165) is 16.9 Å². The molecular formula is C19H22N2O4. The van der Waals surface area contributed by atoms with Crippen molar-refractivity contribution in [3.8, 4) is 5.75 Å². The minimum absolute atomic E-state index is 0.0232. The number of aryl methyl sites for hydroxylation is 1. The summed E-state index contributed by atoms with van der Waals surface area (Å²) in [4.78, 5) is 24.6. The lowest BCUT2D eigenvalue weighted by Crippen LogP contribution is -2.29. The van der Waals surface area contributed by atoms with E-state index in [1.807, 2.05) is 31.2 Å². The number of carbonyl (C=O) groups is 1. The van der Waals surface area contributed by atoms with Gasteiger partial charge in [0.15, 0.2) is 0 Å². The lowest BCUT2D eigenvalue weighted by atomic mass is 10.0. The molecule has 1 atom stereocenters. The summed E-state index contributed by atoms with van der Waals surface area (Å²) in [5.41, 5.74) is 1.75. The molecule has 132 valence electrons. The molecule has 0 aliphatic carbocycles. The first-order chi connectivity index (χ1) is 11.9. The Morgan fingerprint density at radius 1 is 1.24 bits per heavy atom. The summed E-state index contributed by atoms with van der Waals surface area (Å²) in [6.45, 7) is 1.86. The molecule has 6 nitrogen and oxygen atoms in total. The van der Waals surface area contributed by atoms with Crippen LogP contribution in [0.4, 0.5) is 5.69 Å². The summed E-state index contributed by atoms with van der Waals surface area (Å²) in [5.74, 6) is 0.745. The van der Waals surface area contributed by atoms with Gasteiger partial charge in [0.1, 0.15) is 5.75 Å². The summed E-state index contributed by atoms with van der Waals surface area (Å²) < 4.78 is 5.30. The van der Waals surface area contributed by atoms with Crippen LogP contribution in [0.15, 0.2) is 48.5 Å². The molecule has 0 N–H and O–H groups in total. The standard InChI is InChI=1S/C19H22N2O4/c1-14(16-8-6-9-17(13-16)21(23)24)20(2)19(22)12-11-15-7-4-5-10-18(15)25-3/h4-10,13-14H,11-12H2,1-3H3/t14-/m0/s1. The van der Waals surface area contributed by atoms with Crippen molar-refractivity contribution < 1.29 is 14.5 Å². The third-order valence-corrected chi connectivity index (χ3v) is 4.34. The zero-order chi connectivity index (χ0) is 18.4. The largest absolute Gasteiger partial charge is 0.496 e. The van der Waals surface area contributed by atoms with Gasteiger partial charge in [-0.05, 0) is 30.5 Å². The van der Waals surface area contributed by atoms with Gasteiger partial charge in [-0.1, -0.05) is 30.3 Å². The van der Waals surface area contributed by atoms with Crippen LogP contribution in [0.2, 0.25) is 0 Å². The Balaban J connectivity index is 2.04. The monoisotopic (exact) mass is 342 g/mol. The number of methoxy groups -OCH3 is 1. The number of benzene rings is 2. The number of non-ortho nitro benzene ring substituents is 1. The molecule has 0 aliphatic rings. The molecule has 2 aromatic rings. The molecule has 0 aliphatic heterocycles. The zero-order valence-electron chi connectivity index (χ0n) is 14.6. The first-order valence-electron chi connectivity index (χ1n) is 8.06. The van der Waals surface area contributed by atoms with Crippen LogP contribution in [-0.2, 0) is 11.2 Å². The van der Waals surface area contributed by atoms with Crippen LogP contribution in [0.5, 0.6) is 5.75 Å². The lowest BCUT2D eigenvalue weighted by Gasteiger charge is -2.25. The summed E-state index contributed by atoms with van der Waals surface area (Å²) in [7, 11) is 3.32. The van der Waals surface area contributed by atoms with Gasteiger partial charge in [-0.25, -0.2) is 0 Å². The summed E-state index contributed by atoms with van der Waals surface area (Å²) >= 11 is 0. The van der Waals surface area contributed by atoms with Crippen LogP contribution in [0.25, 0.3) is 0 Å². The molecule has 0 radical (unpaired) electrons. The number of hydrogen-bond acceptors (Lipinski definition) is 4. The number of carbonyl (C=O) groups excluding carboxylic acids is 1. The smallest absolute Gasteiger partial charge is 0.269 e. The van der Waals surface area contributed by atoms with Crippen molar-refractivity contribution in [3.05, 3.63) is 69.8 Å². The van der Waals surface area contributed by atoms with Crippen molar-refractivity contribution in [2.75, 3.05) is 14.2 Å². The van der Waals surface area contributed by atoms with E-state index in [0.29, 0.717) is 12.8 Å². The number of rotatable bonds is 7. The van der Waals surface area contributed by atoms with E-state index in [1.165, 1.54) is 12.1 Å². The summed E-state index contributed by atoms with van der Waals surface area (Å²) in [5, 5.41) is 10.9. The third kappa shape index (κ3) is 4.56. The maximum absolute atomic E-state index is 12.5. The molecule has 0 unspecified atom stereocenters. The molecule has 0 bridgehead atoms. The van der Waals surface area contributed by atoms with Gasteiger partial charge >= 0.3 is 0 Å². The number of nitro benzene ring substituents is 1. The number of hydrogen-bond donors (Lipinski definition) is 0. The Hall–Kier alpha value is -2.89. The van der Waals surface area contributed by atoms with E-state index < -0.39 is 4.92 Å². The molecule has 0 heterocycles. The topological polar surface area (TPSA) is 72.7 Å². The number of nitro groups is 1. The normalized spacial score (nSPS) is 11.6. The molecule has 0 spiro atoms. The zero-order valence-corrected chi connectivity index (χ0v) is 14.6. The fourth-order valence-corrected chi connectivity index (χ4v) is 2.67. The molecular weight excluding hydrogens is 320 g/mol. The van der Waals surface area contributed by atoms with E-state index in [2.05, 4.69) is 0 Å². The van der Waals surface area contributed by atoms with Crippen molar-refractivity contribution in [2.45, 2.75) is 25.8 Å². The minimum Gasteiger partial charge on any atom is -0.496 e. The molecule has 25 heavy (non-hydrogen) atoms. The highest BCUT2D eigenvalue weighted by Crippen LogP contribution is 2.24. The van der Waals surface area contributed by atoms with E-state index in [4.69, 9.17) is 4.74 Å². The molecule has 1 amide bonds. The highest BCUT2D eigenvalue weighted by molar-refractivity contribution is 5.76. The van der Waals surface area contributed by atoms with Gasteiger partial charge in [0.2, 0.25) is 5.91 Å². The van der Waals surface area contributed by atoms with E-state index in [9.17, 15) is 14.9 Å². The average Bonchev–Trinajstić information content (AvgIpc) is 2.65. The van der Waals surface area contributed by atoms with E-state index in [-0.39, 0.29) is 17.6 Å². The summed E-state index contributed by atoms with van der Waals surface area (Å²) in [6.07, 6.45) is 0.922. The predicted molar refractivity (Wildman–Crippen MR) is 95.6 cm³/mol. The van der Waals surface area contributed by atoms with Gasteiger partial charge in [0.05, 0.1) is 18.1 Å². The average molecular weight is 342 g/mol. The predicted octanol–water partition coefficient (Wildman–Crippen LogP) is 3.76. The fourth-order valence-electron chi connectivity index (χ4n) is 2.67. The molecule has 0 aromatic heterocycles. The van der Waals surface area contributed by atoms with Crippen LogP contribution in [0.3, 0.4) is 0 Å². The number of nitrogens with zero attached hydrogens (tertiary/aromatic N) is 2. The van der Waals surface area contributed by atoms with E-state index >= 15 is 0 Å². The first kappa shape index (κ1) is 18.4. The van der Waals surface area contributed by atoms with Gasteiger partial charge in [-0.15, -0.1) is 0 Å². The Morgan fingerprint density at radius 3 is 2.64 bits per heavy atom. The Morgan fingerprint density at radius 2 is 1.96 bits per heavy atom. The number of amides is 1. The van der Waals surface area contributed by atoms with Gasteiger partial charge < -0.3 is 9.64 Å². The lowest BCUT2D eigenvalue weighted by molar-refractivity contribution is -0.384. The van der Waals surface area contributed by atoms with Gasteiger partial charge in [0, 0.05) is 25.6 Å². The Labute approximate surface area is 147 Å². The molecule has 0 saturated carbocycles. The number of ether oxygens (including phenoxy) is 1. The third-order valence-electron chi connectivity index (χ3n) is 4.34. The van der Waals surface area contributed by atoms with Crippen LogP contribution in [0, 0.1) is 10.1 Å². The second kappa shape index (κ2) is 8.28. The van der Waals surface area contributed by atoms with Crippen LogP contribution < -0.4 is 4.74 Å². The van der Waals surface area contributed by atoms with Gasteiger partial charge in [-0.2, -0.15) is 0 Å². The Kier molecular flexibility index (Phi) is 6.11. The fraction of sp³-hybridized carbons (Fsp3) is 0.316. The maximum Gasteiger partial charge on any atom is 0.269 e. The van der Waals surface area contributed by atoms with Crippen molar-refractivity contribution in [1.82, 2.24) is 4.90 Å². The van der Waals surface area contributed by atoms with E-state index in [1.54, 1.807) is 31.2 Å². The SMILES string of the molecule is COc1ccccc1CCC(=O)N(C)[C@@H](C)c1cccc([N+](=O)[O-])c1. The van der Waals surface area contributed by atoms with Crippen LogP contribution >= 0.6 is 0 Å². The highest BCUT2D eigenvalue weighted by Gasteiger charge is 2.19. The quantitative estimate of drug-likeness (QED) is 0.567. The van der Waals surface area contributed by atoms with Crippen molar-refractivity contribution >= 4 is 11.6 Å². The van der Waals surface area contributed by atoms with Crippen molar-refractivity contribution in [2.24, 2.45) is 0 Å². The second-order valence-corrected chi connectivity index (χ2v) is 5.84. The van der Waals surface area contributed by atoms with Gasteiger partial charge in [0.25, 0.3) is 5.69 Å². The molecule has 0 saturated heterocycles. The molecule has 6 heteroatoms. The maximum atomic E-state index is 12.5. The molecule has 0 fully saturated rings. The first-order valence-corrected chi connectivity index (χ1v) is 8.06. The summed E-state index contributed by atoms with van der Waals surface area (Å²) in [6, 6.07) is 13.8. The highest BCUT2D eigenvalue weighted by atomic mass is 16.6. The molecule has 2 rings (SSSR count). The van der Waals surface area contributed by atoms with Crippen molar-refractivity contribution in [1.29, 1.82) is 0 Å². The van der Waals surface area contributed by atoms with Crippen molar-refractivity contribution in [3.63, 3.8) is 0 Å². The van der Waals surface area contributed by atoms with Crippen LogP contribution in [0.1, 0.15) is 30.5 Å². The second-order valence-electron chi connectivity index (χ2n) is 5.84. The minimum atomic E-state index is -0.431. The van der Waals surface area contributed by atoms with Crippen LogP contribution in [-0.4, -0.2) is 29.9 Å². The molecule has 2 aromatic carbocycles. The van der Waals surface area contributed by atoms with Gasteiger partial charge in [-0.3, -0.25) is 14.9 Å². The Bertz CT molecular complexity index is 761.